The smallest absolute Gasteiger partial charge is 0.239 e. The monoisotopic (exact) mass is 311 g/mol. The van der Waals surface area contributed by atoms with E-state index >= 15 is 0 Å². The maximum Gasteiger partial charge on any atom is 0.239 e. The Balaban J connectivity index is 0.00000162. The van der Waals surface area contributed by atoms with Crippen LogP contribution in [0.2, 0.25) is 0 Å². The largest absolute Gasteiger partial charge is 0.340 e. The van der Waals surface area contributed by atoms with Gasteiger partial charge in [0, 0.05) is 19.1 Å². The summed E-state index contributed by atoms with van der Waals surface area (Å²) in [6, 6.07) is 0.330. The van der Waals surface area contributed by atoms with Gasteiger partial charge in [-0.25, -0.2) is 0 Å². The topological polar surface area (TPSA) is 49.6 Å². The molecular formula is C13H27Cl2N3O. The normalized spacial score (nSPS) is 27.6. The summed E-state index contributed by atoms with van der Waals surface area (Å²) in [4.78, 5) is 16.8. The maximum absolute atomic E-state index is 12.5. The second-order valence-corrected chi connectivity index (χ2v) is 5.38. The zero-order chi connectivity index (χ0) is 12.3. The SMILES string of the molecule is CCCN1CCCCC1C(=O)N1CC[C@@H](N)C1.Cl.Cl. The molecule has 114 valence electrons. The summed E-state index contributed by atoms with van der Waals surface area (Å²) < 4.78 is 0. The van der Waals surface area contributed by atoms with Crippen molar-refractivity contribution in [1.29, 1.82) is 0 Å². The van der Waals surface area contributed by atoms with E-state index in [-0.39, 0.29) is 36.9 Å². The molecule has 2 aliphatic rings. The number of likely N-dealkylation sites (tertiary alicyclic amines) is 2. The zero-order valence-electron chi connectivity index (χ0n) is 11.7. The van der Waals surface area contributed by atoms with Crippen molar-refractivity contribution in [3.8, 4) is 0 Å². The summed E-state index contributed by atoms with van der Waals surface area (Å²) in [6.45, 7) is 5.94. The van der Waals surface area contributed by atoms with Crippen LogP contribution in [0.1, 0.15) is 39.0 Å². The quantitative estimate of drug-likeness (QED) is 0.862. The van der Waals surface area contributed by atoms with E-state index in [1.807, 2.05) is 4.90 Å². The van der Waals surface area contributed by atoms with E-state index in [0.717, 1.165) is 45.4 Å². The lowest BCUT2D eigenvalue weighted by molar-refractivity contribution is -0.137. The van der Waals surface area contributed by atoms with Gasteiger partial charge in [-0.1, -0.05) is 13.3 Å². The molecule has 4 nitrogen and oxygen atoms in total. The molecule has 1 unspecified atom stereocenters. The lowest BCUT2D eigenvalue weighted by Gasteiger charge is -2.36. The first kappa shape index (κ1) is 19.0. The molecule has 19 heavy (non-hydrogen) atoms. The highest BCUT2D eigenvalue weighted by atomic mass is 35.5. The molecule has 6 heteroatoms. The van der Waals surface area contributed by atoms with E-state index in [4.69, 9.17) is 5.73 Å². The predicted molar refractivity (Wildman–Crippen MR) is 83.2 cm³/mol. The van der Waals surface area contributed by atoms with Crippen molar-refractivity contribution in [2.24, 2.45) is 5.73 Å². The van der Waals surface area contributed by atoms with Crippen LogP contribution >= 0.6 is 24.8 Å². The number of rotatable bonds is 3. The average Bonchev–Trinajstić information content (AvgIpc) is 2.76. The highest BCUT2D eigenvalue weighted by Crippen LogP contribution is 2.21. The van der Waals surface area contributed by atoms with Crippen LogP contribution in [0.15, 0.2) is 0 Å². The molecule has 0 spiro atoms. The van der Waals surface area contributed by atoms with Crippen LogP contribution < -0.4 is 5.73 Å². The Bertz CT molecular complexity index is 277. The first-order chi connectivity index (χ1) is 8.22. The Labute approximate surface area is 128 Å². The van der Waals surface area contributed by atoms with E-state index in [9.17, 15) is 4.79 Å². The van der Waals surface area contributed by atoms with E-state index in [2.05, 4.69) is 11.8 Å². The number of nitrogens with two attached hydrogens (primary N) is 1. The third kappa shape index (κ3) is 4.78. The summed E-state index contributed by atoms with van der Waals surface area (Å²) in [6.07, 6.45) is 5.56. The number of carbonyl (C=O) groups is 1. The molecule has 0 bridgehead atoms. The summed E-state index contributed by atoms with van der Waals surface area (Å²) in [5.74, 6) is 0.325. The van der Waals surface area contributed by atoms with E-state index in [1.54, 1.807) is 0 Å². The minimum atomic E-state index is 0. The van der Waals surface area contributed by atoms with Gasteiger partial charge in [0.15, 0.2) is 0 Å². The Morgan fingerprint density at radius 2 is 1.95 bits per heavy atom. The van der Waals surface area contributed by atoms with Crippen molar-refractivity contribution in [3.05, 3.63) is 0 Å². The van der Waals surface area contributed by atoms with Crippen molar-refractivity contribution < 1.29 is 4.79 Å². The summed E-state index contributed by atoms with van der Waals surface area (Å²) in [5.41, 5.74) is 5.88. The fourth-order valence-corrected chi connectivity index (χ4v) is 3.02. The lowest BCUT2D eigenvalue weighted by atomic mass is 10.0. The molecule has 2 atom stereocenters. The van der Waals surface area contributed by atoms with E-state index in [0.29, 0.717) is 5.91 Å². The number of hydrogen-bond donors (Lipinski definition) is 1. The minimum absolute atomic E-state index is 0. The maximum atomic E-state index is 12.5. The molecule has 2 N–H and O–H groups in total. The first-order valence-corrected chi connectivity index (χ1v) is 7.00. The first-order valence-electron chi connectivity index (χ1n) is 7.00. The minimum Gasteiger partial charge on any atom is -0.340 e. The van der Waals surface area contributed by atoms with Crippen LogP contribution in [-0.4, -0.2) is 54.0 Å². The van der Waals surface area contributed by atoms with Crippen molar-refractivity contribution in [2.45, 2.75) is 51.1 Å². The van der Waals surface area contributed by atoms with Crippen LogP contribution in [0, 0.1) is 0 Å². The van der Waals surface area contributed by atoms with E-state index < -0.39 is 0 Å². The Kier molecular flexibility index (Phi) is 8.99. The molecule has 0 aromatic heterocycles. The molecule has 0 saturated carbocycles. The highest BCUT2D eigenvalue weighted by Gasteiger charge is 2.33. The summed E-state index contributed by atoms with van der Waals surface area (Å²) in [7, 11) is 0. The number of nitrogens with zero attached hydrogens (tertiary/aromatic N) is 2. The summed E-state index contributed by atoms with van der Waals surface area (Å²) in [5, 5.41) is 0. The van der Waals surface area contributed by atoms with Gasteiger partial charge in [0.05, 0.1) is 6.04 Å². The molecule has 0 radical (unpaired) electrons. The second-order valence-electron chi connectivity index (χ2n) is 5.38. The van der Waals surface area contributed by atoms with Gasteiger partial charge in [-0.3, -0.25) is 9.69 Å². The van der Waals surface area contributed by atoms with Gasteiger partial charge >= 0.3 is 0 Å². The molecule has 2 saturated heterocycles. The predicted octanol–water partition coefficient (Wildman–Crippen LogP) is 1.65. The Morgan fingerprint density at radius 1 is 1.21 bits per heavy atom. The highest BCUT2D eigenvalue weighted by molar-refractivity contribution is 5.85. The zero-order valence-corrected chi connectivity index (χ0v) is 13.3. The molecule has 0 aromatic carbocycles. The fraction of sp³-hybridized carbons (Fsp3) is 0.923. The number of halogens is 2. The number of hydrogen-bond acceptors (Lipinski definition) is 3. The molecule has 2 aliphatic heterocycles. The molecular weight excluding hydrogens is 285 g/mol. The molecule has 0 aromatic rings. The molecule has 2 heterocycles. The van der Waals surface area contributed by atoms with Gasteiger partial charge in [0.1, 0.15) is 0 Å². The fourth-order valence-electron chi connectivity index (χ4n) is 3.02. The van der Waals surface area contributed by atoms with Crippen molar-refractivity contribution >= 4 is 30.7 Å². The van der Waals surface area contributed by atoms with Crippen LogP contribution in [-0.2, 0) is 4.79 Å². The molecule has 1 amide bonds. The number of carbonyl (C=O) groups excluding carboxylic acids is 1. The van der Waals surface area contributed by atoms with Gasteiger partial charge in [0.2, 0.25) is 5.91 Å². The molecule has 2 fully saturated rings. The lowest BCUT2D eigenvalue weighted by Crippen LogP contribution is -2.50. The Morgan fingerprint density at radius 3 is 2.53 bits per heavy atom. The summed E-state index contributed by atoms with van der Waals surface area (Å²) >= 11 is 0. The van der Waals surface area contributed by atoms with Crippen LogP contribution in [0.5, 0.6) is 0 Å². The van der Waals surface area contributed by atoms with Gasteiger partial charge in [-0.05, 0) is 38.8 Å². The molecule has 0 aliphatic carbocycles. The van der Waals surface area contributed by atoms with Crippen molar-refractivity contribution in [2.75, 3.05) is 26.2 Å². The van der Waals surface area contributed by atoms with Gasteiger partial charge in [-0.2, -0.15) is 0 Å². The molecule has 2 rings (SSSR count). The van der Waals surface area contributed by atoms with Gasteiger partial charge in [0.25, 0.3) is 0 Å². The third-order valence-corrected chi connectivity index (χ3v) is 3.95. The Hall–Kier alpha value is -0.0300. The average molecular weight is 312 g/mol. The van der Waals surface area contributed by atoms with Crippen LogP contribution in [0.4, 0.5) is 0 Å². The number of amides is 1. The van der Waals surface area contributed by atoms with E-state index in [1.165, 1.54) is 12.8 Å². The standard InChI is InChI=1S/C13H25N3O.2ClH/c1-2-7-15-8-4-3-5-12(15)13(17)16-9-6-11(14)10-16;;/h11-12H,2-10,14H2,1H3;2*1H/t11-,12?;;/m1../s1. The van der Waals surface area contributed by atoms with Crippen LogP contribution in [0.25, 0.3) is 0 Å². The number of piperidine rings is 1. The van der Waals surface area contributed by atoms with Gasteiger partial charge < -0.3 is 10.6 Å². The van der Waals surface area contributed by atoms with Crippen molar-refractivity contribution in [3.63, 3.8) is 0 Å². The van der Waals surface area contributed by atoms with Gasteiger partial charge in [-0.15, -0.1) is 24.8 Å². The third-order valence-electron chi connectivity index (χ3n) is 3.95. The van der Waals surface area contributed by atoms with Crippen LogP contribution in [0.3, 0.4) is 0 Å². The second kappa shape index (κ2) is 9.01. The van der Waals surface area contributed by atoms with Crippen molar-refractivity contribution in [1.82, 2.24) is 9.80 Å².